The molecule has 0 bridgehead atoms. The van der Waals surface area contributed by atoms with Crippen molar-refractivity contribution in [3.63, 3.8) is 0 Å². The topological polar surface area (TPSA) is 128 Å². The molecule has 0 spiro atoms. The zero-order chi connectivity index (χ0) is 21.0. The molecule has 8 N–H and O–H groups in total. The van der Waals surface area contributed by atoms with E-state index in [0.29, 0.717) is 24.7 Å². The highest BCUT2D eigenvalue weighted by molar-refractivity contribution is 5.67. The summed E-state index contributed by atoms with van der Waals surface area (Å²) in [6, 6.07) is 11.3. The Morgan fingerprint density at radius 1 is 1.03 bits per heavy atom. The highest BCUT2D eigenvalue weighted by Gasteiger charge is 2.24. The lowest BCUT2D eigenvalue weighted by atomic mass is 9.78. The second-order valence-corrected chi connectivity index (χ2v) is 7.99. The highest BCUT2D eigenvalue weighted by atomic mass is 16.5. The third-order valence-corrected chi connectivity index (χ3v) is 5.82. The Balaban J connectivity index is 1.56. The van der Waals surface area contributed by atoms with Crippen LogP contribution in [0, 0.1) is 5.92 Å². The maximum atomic E-state index is 9.99. The molecule has 1 fully saturated rings. The molecule has 0 atom stereocenters. The van der Waals surface area contributed by atoms with E-state index in [0.717, 1.165) is 5.56 Å². The number of nitrogen functional groups attached to an aromatic ring is 1. The molecule has 1 saturated carbocycles. The van der Waals surface area contributed by atoms with E-state index in [1.54, 1.807) is 0 Å². The quantitative estimate of drug-likeness (QED) is 0.210. The fourth-order valence-corrected chi connectivity index (χ4v) is 3.90. The average molecular weight is 398 g/mol. The lowest BCUT2D eigenvalue weighted by Gasteiger charge is -2.27. The van der Waals surface area contributed by atoms with Gasteiger partial charge >= 0.3 is 0 Å². The van der Waals surface area contributed by atoms with Crippen molar-refractivity contribution < 1.29 is 14.9 Å². The van der Waals surface area contributed by atoms with Crippen molar-refractivity contribution >= 4 is 5.69 Å². The van der Waals surface area contributed by atoms with Crippen molar-refractivity contribution in [2.45, 2.75) is 50.3 Å². The van der Waals surface area contributed by atoms with Crippen LogP contribution in [0.25, 0.3) is 0 Å². The van der Waals surface area contributed by atoms with Crippen LogP contribution in [0.2, 0.25) is 0 Å². The maximum absolute atomic E-state index is 9.99. The molecule has 1 aliphatic rings. The number of nitrogens with two attached hydrogens (primary N) is 3. The van der Waals surface area contributed by atoms with Crippen molar-refractivity contribution in [3.8, 4) is 17.2 Å². The van der Waals surface area contributed by atoms with Crippen LogP contribution < -0.4 is 21.9 Å². The van der Waals surface area contributed by atoms with Crippen LogP contribution >= 0.6 is 0 Å². The standard InChI is InChI=1S/C23H31N3O3/c1-2-15-3-7-17(8-4-15)18-9-5-16(6-10-18)13-14-23(25,26)29-20-12-11-19(27)21(24)22(20)28/h2,5-6,9-12,15,17,27-28H,1,3-4,7-8,13-14,24-26H2. The summed E-state index contributed by atoms with van der Waals surface area (Å²) in [6.45, 7) is 3.91. The van der Waals surface area contributed by atoms with Gasteiger partial charge in [0.25, 0.3) is 0 Å². The van der Waals surface area contributed by atoms with Gasteiger partial charge in [0.15, 0.2) is 11.5 Å². The normalized spacial score (nSPS) is 19.7. The molecule has 6 nitrogen and oxygen atoms in total. The predicted molar refractivity (Wildman–Crippen MR) is 116 cm³/mol. The minimum atomic E-state index is -1.48. The zero-order valence-corrected chi connectivity index (χ0v) is 16.7. The van der Waals surface area contributed by atoms with Crippen molar-refractivity contribution in [3.05, 3.63) is 60.2 Å². The number of phenols is 2. The van der Waals surface area contributed by atoms with Crippen LogP contribution in [0.4, 0.5) is 5.69 Å². The van der Waals surface area contributed by atoms with E-state index < -0.39 is 5.85 Å². The number of ether oxygens (including phenoxy) is 1. The Kier molecular flexibility index (Phi) is 6.35. The molecule has 2 aromatic rings. The van der Waals surface area contributed by atoms with E-state index in [4.69, 9.17) is 21.9 Å². The molecule has 0 radical (unpaired) electrons. The number of aromatic hydroxyl groups is 2. The van der Waals surface area contributed by atoms with Crippen molar-refractivity contribution in [2.24, 2.45) is 17.4 Å². The monoisotopic (exact) mass is 397 g/mol. The van der Waals surface area contributed by atoms with Gasteiger partial charge in [0.2, 0.25) is 5.85 Å². The van der Waals surface area contributed by atoms with E-state index in [2.05, 4.69) is 36.9 Å². The molecule has 6 heteroatoms. The van der Waals surface area contributed by atoms with Gasteiger partial charge in [-0.25, -0.2) is 0 Å². The Hall–Kier alpha value is -2.70. The van der Waals surface area contributed by atoms with Crippen molar-refractivity contribution in [2.75, 3.05) is 5.73 Å². The van der Waals surface area contributed by atoms with Gasteiger partial charge in [-0.15, -0.1) is 6.58 Å². The third-order valence-electron chi connectivity index (χ3n) is 5.82. The summed E-state index contributed by atoms with van der Waals surface area (Å²) in [7, 11) is 0. The molecule has 1 aliphatic carbocycles. The zero-order valence-electron chi connectivity index (χ0n) is 16.7. The van der Waals surface area contributed by atoms with Gasteiger partial charge in [-0.2, -0.15) is 0 Å². The summed E-state index contributed by atoms with van der Waals surface area (Å²) < 4.78 is 5.54. The number of aryl methyl sites for hydroxylation is 1. The third kappa shape index (κ3) is 5.22. The second-order valence-electron chi connectivity index (χ2n) is 7.99. The Morgan fingerprint density at radius 3 is 2.31 bits per heavy atom. The van der Waals surface area contributed by atoms with Gasteiger partial charge in [-0.05, 0) is 67.2 Å². The van der Waals surface area contributed by atoms with Gasteiger partial charge in [-0.1, -0.05) is 30.3 Å². The molecule has 156 valence electrons. The van der Waals surface area contributed by atoms with E-state index in [9.17, 15) is 10.2 Å². The molecule has 0 aliphatic heterocycles. The maximum Gasteiger partial charge on any atom is 0.213 e. The SMILES string of the molecule is C=CC1CCC(c2ccc(CCC(N)(N)Oc3ccc(O)c(N)c3O)cc2)CC1. The number of hydrogen-bond donors (Lipinski definition) is 5. The van der Waals surface area contributed by atoms with Gasteiger partial charge in [0, 0.05) is 6.42 Å². The van der Waals surface area contributed by atoms with Gasteiger partial charge in [-0.3, -0.25) is 11.5 Å². The van der Waals surface area contributed by atoms with E-state index in [1.165, 1.54) is 43.4 Å². The molecule has 3 rings (SSSR count). The van der Waals surface area contributed by atoms with Gasteiger partial charge < -0.3 is 20.7 Å². The number of allylic oxidation sites excluding steroid dienone is 1. The first kappa shape index (κ1) is 21.0. The minimum Gasteiger partial charge on any atom is -0.506 e. The largest absolute Gasteiger partial charge is 0.506 e. The molecule has 2 aromatic carbocycles. The Morgan fingerprint density at radius 2 is 1.69 bits per heavy atom. The summed E-state index contributed by atoms with van der Waals surface area (Å²) in [4.78, 5) is 0. The van der Waals surface area contributed by atoms with Crippen LogP contribution in [0.15, 0.2) is 49.1 Å². The average Bonchev–Trinajstić information content (AvgIpc) is 2.73. The van der Waals surface area contributed by atoms with Crippen molar-refractivity contribution in [1.82, 2.24) is 0 Å². The Bertz CT molecular complexity index is 841. The molecule has 0 saturated heterocycles. The molecular formula is C23H31N3O3. The lowest BCUT2D eigenvalue weighted by molar-refractivity contribution is 0.0700. The molecular weight excluding hydrogens is 366 g/mol. The molecule has 0 unspecified atom stereocenters. The summed E-state index contributed by atoms with van der Waals surface area (Å²) >= 11 is 0. The van der Waals surface area contributed by atoms with Crippen molar-refractivity contribution in [1.29, 1.82) is 0 Å². The molecule has 0 amide bonds. The van der Waals surface area contributed by atoms with Crippen LogP contribution in [0.5, 0.6) is 17.2 Å². The number of rotatable bonds is 7. The van der Waals surface area contributed by atoms with Crippen LogP contribution in [-0.2, 0) is 6.42 Å². The lowest BCUT2D eigenvalue weighted by Crippen LogP contribution is -2.55. The number of hydrogen-bond acceptors (Lipinski definition) is 6. The minimum absolute atomic E-state index is 0.0378. The van der Waals surface area contributed by atoms with Gasteiger partial charge in [0.05, 0.1) is 0 Å². The molecule has 29 heavy (non-hydrogen) atoms. The number of phenolic OH excluding ortho intramolecular Hbond substituents is 2. The van der Waals surface area contributed by atoms with Crippen LogP contribution in [0.1, 0.15) is 49.1 Å². The van der Waals surface area contributed by atoms with Gasteiger partial charge in [0.1, 0.15) is 11.4 Å². The first-order valence-electron chi connectivity index (χ1n) is 10.1. The summed E-state index contributed by atoms with van der Waals surface area (Å²) in [5, 5.41) is 19.5. The number of benzene rings is 2. The first-order chi connectivity index (χ1) is 13.8. The summed E-state index contributed by atoms with van der Waals surface area (Å²) in [6.07, 6.45) is 7.90. The smallest absolute Gasteiger partial charge is 0.213 e. The second kappa shape index (κ2) is 8.76. The summed E-state index contributed by atoms with van der Waals surface area (Å²) in [5.41, 5.74) is 20.0. The van der Waals surface area contributed by atoms with E-state index >= 15 is 0 Å². The Labute approximate surface area is 172 Å². The molecule has 0 heterocycles. The predicted octanol–water partition coefficient (Wildman–Crippen LogP) is 3.72. The fraction of sp³-hybridized carbons (Fsp3) is 0.391. The number of anilines is 1. The fourth-order valence-electron chi connectivity index (χ4n) is 3.90. The molecule has 0 aromatic heterocycles. The van der Waals surface area contributed by atoms with E-state index in [-0.39, 0.29) is 22.9 Å². The van der Waals surface area contributed by atoms with Crippen LogP contribution in [0.3, 0.4) is 0 Å². The highest BCUT2D eigenvalue weighted by Crippen LogP contribution is 2.39. The first-order valence-corrected chi connectivity index (χ1v) is 10.1. The van der Waals surface area contributed by atoms with Crippen LogP contribution in [-0.4, -0.2) is 16.1 Å². The summed E-state index contributed by atoms with van der Waals surface area (Å²) in [5.74, 6) is -0.766. The van der Waals surface area contributed by atoms with E-state index in [1.807, 2.05) is 0 Å².